The molecule has 4 heterocycles. The molecule has 1 saturated carbocycles. The summed E-state index contributed by atoms with van der Waals surface area (Å²) < 4.78 is 1.73. The molecule has 5 rings (SSSR count). The van der Waals surface area contributed by atoms with Gasteiger partial charge in [-0.25, -0.2) is 9.97 Å². The zero-order valence-electron chi connectivity index (χ0n) is 20.2. The van der Waals surface area contributed by atoms with Gasteiger partial charge in [-0.15, -0.1) is 11.3 Å². The van der Waals surface area contributed by atoms with Gasteiger partial charge in [-0.3, -0.25) is 14.3 Å². The molecule has 1 N–H and O–H groups in total. The van der Waals surface area contributed by atoms with Crippen molar-refractivity contribution in [1.82, 2.24) is 19.5 Å². The molecule has 0 bridgehead atoms. The summed E-state index contributed by atoms with van der Waals surface area (Å²) in [5.41, 5.74) is 3.44. The number of aromatic nitrogens is 4. The van der Waals surface area contributed by atoms with Crippen molar-refractivity contribution in [3.05, 3.63) is 69.7 Å². The van der Waals surface area contributed by atoms with Crippen molar-refractivity contribution < 1.29 is 5.11 Å². The Labute approximate surface area is 209 Å². The first-order chi connectivity index (χ1) is 17.0. The SMILES string of the molecule is Cc1nc(-c2ncccc2O)n(CCC2CCCCC2)c(=O)c1-c1cc(-c2ccccn2)c(C)s1. The molecule has 1 fully saturated rings. The summed E-state index contributed by atoms with van der Waals surface area (Å²) in [6.07, 6.45) is 10.6. The van der Waals surface area contributed by atoms with Crippen LogP contribution in [0.1, 0.15) is 49.1 Å². The first-order valence-electron chi connectivity index (χ1n) is 12.3. The molecular formula is C28H30N4O2S. The molecule has 0 atom stereocenters. The van der Waals surface area contributed by atoms with Gasteiger partial charge < -0.3 is 5.11 Å². The van der Waals surface area contributed by atoms with Gasteiger partial charge in [0.1, 0.15) is 11.4 Å². The van der Waals surface area contributed by atoms with Gasteiger partial charge in [-0.05, 0) is 56.5 Å². The number of aryl methyl sites for hydroxylation is 2. The molecule has 0 aromatic carbocycles. The predicted octanol–water partition coefficient (Wildman–Crippen LogP) is 6.39. The normalized spacial score (nSPS) is 14.3. The zero-order valence-corrected chi connectivity index (χ0v) is 21.0. The molecule has 6 nitrogen and oxygen atoms in total. The molecule has 0 spiro atoms. The molecule has 1 aliphatic rings. The fraction of sp³-hybridized carbons (Fsp3) is 0.357. The maximum atomic E-state index is 14.0. The molecule has 4 aromatic heterocycles. The van der Waals surface area contributed by atoms with Crippen molar-refractivity contribution >= 4 is 11.3 Å². The average molecular weight is 487 g/mol. The molecule has 1 aliphatic carbocycles. The van der Waals surface area contributed by atoms with Crippen LogP contribution in [-0.4, -0.2) is 24.6 Å². The number of pyridine rings is 2. The van der Waals surface area contributed by atoms with E-state index in [0.717, 1.165) is 27.4 Å². The van der Waals surface area contributed by atoms with Crippen molar-refractivity contribution in [2.24, 2.45) is 5.92 Å². The van der Waals surface area contributed by atoms with Crippen LogP contribution in [0.4, 0.5) is 0 Å². The maximum Gasteiger partial charge on any atom is 0.262 e. The number of hydrogen-bond acceptors (Lipinski definition) is 6. The smallest absolute Gasteiger partial charge is 0.262 e. The van der Waals surface area contributed by atoms with Crippen LogP contribution >= 0.6 is 11.3 Å². The highest BCUT2D eigenvalue weighted by molar-refractivity contribution is 7.16. The quantitative estimate of drug-likeness (QED) is 0.342. The Morgan fingerprint density at radius 1 is 1.06 bits per heavy atom. The standard InChI is InChI=1S/C28H30N4O2S/c1-18-25(24-17-21(19(2)35-24)22-11-6-7-14-29-22)28(34)32(16-13-20-9-4-3-5-10-20)27(31-18)26-23(33)12-8-15-30-26/h6-8,11-12,14-15,17,20,33H,3-5,9-10,13,16H2,1-2H3. The molecule has 0 aliphatic heterocycles. The maximum absolute atomic E-state index is 14.0. The van der Waals surface area contributed by atoms with Gasteiger partial charge in [-0.2, -0.15) is 0 Å². The van der Waals surface area contributed by atoms with Crippen LogP contribution < -0.4 is 5.56 Å². The van der Waals surface area contributed by atoms with Crippen LogP contribution in [0.25, 0.3) is 33.2 Å². The van der Waals surface area contributed by atoms with Crippen LogP contribution in [0.3, 0.4) is 0 Å². The van der Waals surface area contributed by atoms with E-state index in [4.69, 9.17) is 4.98 Å². The van der Waals surface area contributed by atoms with E-state index in [2.05, 4.69) is 23.0 Å². The third-order valence-electron chi connectivity index (χ3n) is 6.94. The lowest BCUT2D eigenvalue weighted by Crippen LogP contribution is -2.27. The summed E-state index contributed by atoms with van der Waals surface area (Å²) in [6.45, 7) is 4.48. The fourth-order valence-electron chi connectivity index (χ4n) is 5.07. The van der Waals surface area contributed by atoms with E-state index in [1.807, 2.05) is 25.1 Å². The molecule has 0 unspecified atom stereocenters. The lowest BCUT2D eigenvalue weighted by Gasteiger charge is -2.23. The molecule has 0 radical (unpaired) electrons. The van der Waals surface area contributed by atoms with Crippen LogP contribution in [0.2, 0.25) is 0 Å². The van der Waals surface area contributed by atoms with E-state index >= 15 is 0 Å². The Balaban J connectivity index is 1.61. The van der Waals surface area contributed by atoms with Gasteiger partial charge >= 0.3 is 0 Å². The van der Waals surface area contributed by atoms with E-state index in [1.54, 1.807) is 40.4 Å². The van der Waals surface area contributed by atoms with E-state index < -0.39 is 0 Å². The van der Waals surface area contributed by atoms with Crippen molar-refractivity contribution in [2.45, 2.75) is 58.9 Å². The number of thiophene rings is 1. The number of hydrogen-bond donors (Lipinski definition) is 1. The summed E-state index contributed by atoms with van der Waals surface area (Å²) in [4.78, 5) is 29.7. The Hall–Kier alpha value is -3.32. The highest BCUT2D eigenvalue weighted by atomic mass is 32.1. The molecule has 4 aromatic rings. The topological polar surface area (TPSA) is 80.9 Å². The number of nitrogens with zero attached hydrogens (tertiary/aromatic N) is 4. The van der Waals surface area contributed by atoms with E-state index in [0.29, 0.717) is 35.2 Å². The van der Waals surface area contributed by atoms with Gasteiger partial charge in [0.25, 0.3) is 5.56 Å². The van der Waals surface area contributed by atoms with Crippen molar-refractivity contribution in [3.63, 3.8) is 0 Å². The lowest BCUT2D eigenvalue weighted by atomic mass is 9.87. The predicted molar refractivity (Wildman–Crippen MR) is 141 cm³/mol. The summed E-state index contributed by atoms with van der Waals surface area (Å²) in [7, 11) is 0. The van der Waals surface area contributed by atoms with Crippen LogP contribution in [0.5, 0.6) is 5.75 Å². The molecule has 180 valence electrons. The Bertz CT molecular complexity index is 1390. The minimum atomic E-state index is -0.0813. The summed E-state index contributed by atoms with van der Waals surface area (Å²) in [6, 6.07) is 11.2. The Kier molecular flexibility index (Phi) is 6.77. The van der Waals surface area contributed by atoms with E-state index in [1.165, 1.54) is 32.1 Å². The highest BCUT2D eigenvalue weighted by Gasteiger charge is 2.23. The number of rotatable bonds is 6. The lowest BCUT2D eigenvalue weighted by molar-refractivity contribution is 0.322. The minimum Gasteiger partial charge on any atom is -0.506 e. The fourth-order valence-corrected chi connectivity index (χ4v) is 6.19. The van der Waals surface area contributed by atoms with Crippen LogP contribution in [0, 0.1) is 19.8 Å². The second-order valence-corrected chi connectivity index (χ2v) is 10.6. The molecular weight excluding hydrogens is 456 g/mol. The Morgan fingerprint density at radius 3 is 2.60 bits per heavy atom. The van der Waals surface area contributed by atoms with Crippen molar-refractivity contribution in [1.29, 1.82) is 0 Å². The van der Waals surface area contributed by atoms with Gasteiger partial charge in [0.2, 0.25) is 0 Å². The van der Waals surface area contributed by atoms with E-state index in [9.17, 15) is 9.90 Å². The minimum absolute atomic E-state index is 0.0300. The van der Waals surface area contributed by atoms with Crippen molar-refractivity contribution in [3.8, 4) is 39.0 Å². The van der Waals surface area contributed by atoms with Gasteiger partial charge in [0, 0.05) is 34.3 Å². The van der Waals surface area contributed by atoms with Gasteiger partial charge in [-0.1, -0.05) is 38.2 Å². The molecule has 35 heavy (non-hydrogen) atoms. The second-order valence-electron chi connectivity index (χ2n) is 9.31. The first kappa shape index (κ1) is 23.4. The highest BCUT2D eigenvalue weighted by Crippen LogP contribution is 2.37. The third kappa shape index (κ3) is 4.78. The monoisotopic (exact) mass is 486 g/mol. The third-order valence-corrected chi connectivity index (χ3v) is 8.01. The summed E-state index contributed by atoms with van der Waals surface area (Å²) in [5, 5.41) is 10.5. The number of aromatic hydroxyl groups is 1. The first-order valence-corrected chi connectivity index (χ1v) is 13.1. The summed E-state index contributed by atoms with van der Waals surface area (Å²) >= 11 is 1.59. The zero-order chi connectivity index (χ0) is 24.4. The molecule has 0 saturated heterocycles. The average Bonchev–Trinajstić information content (AvgIpc) is 3.25. The molecule has 7 heteroatoms. The Morgan fingerprint density at radius 2 is 1.86 bits per heavy atom. The summed E-state index contributed by atoms with van der Waals surface area (Å²) in [5.74, 6) is 1.08. The largest absolute Gasteiger partial charge is 0.506 e. The van der Waals surface area contributed by atoms with Crippen LogP contribution in [0.15, 0.2) is 53.6 Å². The second kappa shape index (κ2) is 10.1. The van der Waals surface area contributed by atoms with Crippen LogP contribution in [-0.2, 0) is 6.54 Å². The van der Waals surface area contributed by atoms with Crippen molar-refractivity contribution in [2.75, 3.05) is 0 Å². The van der Waals surface area contributed by atoms with E-state index in [-0.39, 0.29) is 11.3 Å². The van der Waals surface area contributed by atoms with Gasteiger partial charge in [0.15, 0.2) is 5.82 Å². The molecule has 0 amide bonds. The van der Waals surface area contributed by atoms with Gasteiger partial charge in [0.05, 0.1) is 17.0 Å².